The Labute approximate surface area is 99.8 Å². The van der Waals surface area contributed by atoms with Crippen LogP contribution in [-0.4, -0.2) is 12.4 Å². The quantitative estimate of drug-likeness (QED) is 0.614. The summed E-state index contributed by atoms with van der Waals surface area (Å²) < 4.78 is 27.6. The van der Waals surface area contributed by atoms with Crippen molar-refractivity contribution in [1.29, 1.82) is 0 Å². The number of hydrazine groups is 1. The maximum Gasteiger partial charge on any atom is 0.130 e. The van der Waals surface area contributed by atoms with Gasteiger partial charge in [0.2, 0.25) is 0 Å². The number of benzene rings is 1. The molecule has 0 saturated carbocycles. The van der Waals surface area contributed by atoms with Crippen LogP contribution in [0.3, 0.4) is 0 Å². The van der Waals surface area contributed by atoms with Crippen LogP contribution < -0.4 is 11.3 Å². The first-order valence-electron chi connectivity index (χ1n) is 4.76. The van der Waals surface area contributed by atoms with Crippen molar-refractivity contribution in [2.45, 2.75) is 12.3 Å². The summed E-state index contributed by atoms with van der Waals surface area (Å²) in [5, 5.41) is 0. The summed E-state index contributed by atoms with van der Waals surface area (Å²) in [6.07, 6.45) is 0.436. The van der Waals surface area contributed by atoms with Crippen molar-refractivity contribution in [3.05, 3.63) is 33.8 Å². The molecule has 0 fully saturated rings. The van der Waals surface area contributed by atoms with E-state index < -0.39 is 11.6 Å². The number of nitrogens with zero attached hydrogens (tertiary/aromatic N) is 1. The molecule has 0 bridgehead atoms. The topological polar surface area (TPSA) is 50.4 Å². The van der Waals surface area contributed by atoms with E-state index in [0.29, 0.717) is 23.3 Å². The molecule has 0 spiro atoms. The summed E-state index contributed by atoms with van der Waals surface area (Å²) in [6.45, 7) is 0.356. The van der Waals surface area contributed by atoms with Gasteiger partial charge in [-0.2, -0.15) is 0 Å². The van der Waals surface area contributed by atoms with Crippen LogP contribution >= 0.6 is 15.9 Å². The van der Waals surface area contributed by atoms with Crippen LogP contribution in [0.15, 0.2) is 21.6 Å². The number of nitrogens with two attached hydrogens (primary N) is 1. The van der Waals surface area contributed by atoms with E-state index in [9.17, 15) is 8.78 Å². The summed E-state index contributed by atoms with van der Waals surface area (Å²) in [5.74, 6) is 4.39. The lowest BCUT2D eigenvalue weighted by Gasteiger charge is -2.12. The highest BCUT2D eigenvalue weighted by atomic mass is 79.9. The van der Waals surface area contributed by atoms with Crippen LogP contribution in [0.4, 0.5) is 8.78 Å². The molecule has 0 radical (unpaired) electrons. The largest absolute Gasteiger partial charge is 0.312 e. The van der Waals surface area contributed by atoms with E-state index in [1.165, 1.54) is 12.1 Å². The third kappa shape index (κ3) is 2.08. The Balaban J connectivity index is 2.29. The second-order valence-electron chi connectivity index (χ2n) is 3.62. The van der Waals surface area contributed by atoms with Gasteiger partial charge in [-0.05, 0) is 12.1 Å². The van der Waals surface area contributed by atoms with E-state index in [-0.39, 0.29) is 11.5 Å². The number of halogens is 3. The van der Waals surface area contributed by atoms with Gasteiger partial charge in [-0.3, -0.25) is 4.99 Å². The fourth-order valence-corrected chi connectivity index (χ4v) is 2.23. The Kier molecular flexibility index (Phi) is 3.20. The van der Waals surface area contributed by atoms with Gasteiger partial charge in [0.1, 0.15) is 17.5 Å². The first-order valence-corrected chi connectivity index (χ1v) is 5.55. The average Bonchev–Trinajstić information content (AvgIpc) is 2.64. The van der Waals surface area contributed by atoms with E-state index in [1.807, 2.05) is 0 Å². The SMILES string of the molecule is NNC1=NCC(c2c(F)cc(Br)cc2F)C1. The van der Waals surface area contributed by atoms with Crippen molar-refractivity contribution in [1.82, 2.24) is 5.43 Å². The molecule has 0 amide bonds. The van der Waals surface area contributed by atoms with Crippen molar-refractivity contribution >= 4 is 21.8 Å². The highest BCUT2D eigenvalue weighted by Crippen LogP contribution is 2.31. The number of hydrogen-bond donors (Lipinski definition) is 2. The van der Waals surface area contributed by atoms with Crippen molar-refractivity contribution in [3.8, 4) is 0 Å². The molecular formula is C10H10BrF2N3. The van der Waals surface area contributed by atoms with Gasteiger partial charge in [-0.25, -0.2) is 14.6 Å². The molecule has 6 heteroatoms. The predicted octanol–water partition coefficient (Wildman–Crippen LogP) is 2.08. The van der Waals surface area contributed by atoms with Crippen LogP contribution in [0.5, 0.6) is 0 Å². The fourth-order valence-electron chi connectivity index (χ4n) is 1.82. The van der Waals surface area contributed by atoms with Crippen molar-refractivity contribution < 1.29 is 8.78 Å². The van der Waals surface area contributed by atoms with Crippen LogP contribution in [0.2, 0.25) is 0 Å². The Morgan fingerprint density at radius 1 is 1.38 bits per heavy atom. The van der Waals surface area contributed by atoms with E-state index in [2.05, 4.69) is 26.3 Å². The molecule has 1 aromatic rings. The number of amidine groups is 1. The molecular weight excluding hydrogens is 280 g/mol. The summed E-state index contributed by atoms with van der Waals surface area (Å²) >= 11 is 3.04. The Bertz CT molecular complexity index is 425. The Morgan fingerprint density at radius 2 is 2.00 bits per heavy atom. The van der Waals surface area contributed by atoms with E-state index in [1.54, 1.807) is 0 Å². The zero-order chi connectivity index (χ0) is 11.7. The summed E-state index contributed by atoms with van der Waals surface area (Å²) in [7, 11) is 0. The van der Waals surface area contributed by atoms with Crippen LogP contribution in [0.1, 0.15) is 17.9 Å². The highest BCUT2D eigenvalue weighted by molar-refractivity contribution is 9.10. The Morgan fingerprint density at radius 3 is 2.50 bits per heavy atom. The maximum absolute atomic E-state index is 13.6. The maximum atomic E-state index is 13.6. The monoisotopic (exact) mass is 289 g/mol. The second-order valence-corrected chi connectivity index (χ2v) is 4.53. The van der Waals surface area contributed by atoms with Gasteiger partial charge in [0.05, 0.1) is 0 Å². The first kappa shape index (κ1) is 11.5. The smallest absolute Gasteiger partial charge is 0.130 e. The molecule has 1 heterocycles. The molecule has 1 atom stereocenters. The summed E-state index contributed by atoms with van der Waals surface area (Å²) in [6, 6.07) is 2.51. The third-order valence-corrected chi connectivity index (χ3v) is 3.02. The molecule has 0 aliphatic carbocycles. The van der Waals surface area contributed by atoms with Gasteiger partial charge in [0.15, 0.2) is 0 Å². The first-order chi connectivity index (χ1) is 7.61. The van der Waals surface area contributed by atoms with Gasteiger partial charge in [0, 0.05) is 28.9 Å². The van der Waals surface area contributed by atoms with Gasteiger partial charge in [-0.15, -0.1) is 0 Å². The second kappa shape index (κ2) is 4.47. The molecule has 3 nitrogen and oxygen atoms in total. The molecule has 1 aliphatic rings. The number of hydrogen-bond acceptors (Lipinski definition) is 3. The van der Waals surface area contributed by atoms with E-state index in [4.69, 9.17) is 5.84 Å². The van der Waals surface area contributed by atoms with Gasteiger partial charge >= 0.3 is 0 Å². The highest BCUT2D eigenvalue weighted by Gasteiger charge is 2.26. The molecule has 3 N–H and O–H groups in total. The molecule has 0 aromatic heterocycles. The minimum atomic E-state index is -0.551. The molecule has 1 aliphatic heterocycles. The van der Waals surface area contributed by atoms with Crippen LogP contribution in [0, 0.1) is 11.6 Å². The van der Waals surface area contributed by atoms with Gasteiger partial charge in [0.25, 0.3) is 0 Å². The lowest BCUT2D eigenvalue weighted by molar-refractivity contribution is 0.532. The molecule has 1 aromatic carbocycles. The van der Waals surface area contributed by atoms with Gasteiger partial charge < -0.3 is 5.43 Å². The zero-order valence-corrected chi connectivity index (χ0v) is 9.89. The molecule has 0 saturated heterocycles. The summed E-state index contributed by atoms with van der Waals surface area (Å²) in [5.41, 5.74) is 2.49. The predicted molar refractivity (Wildman–Crippen MR) is 61.0 cm³/mol. The third-order valence-electron chi connectivity index (χ3n) is 2.56. The molecule has 1 unspecified atom stereocenters. The molecule has 86 valence electrons. The summed E-state index contributed by atoms with van der Waals surface area (Å²) in [4.78, 5) is 4.05. The van der Waals surface area contributed by atoms with Crippen LogP contribution in [0.25, 0.3) is 0 Å². The van der Waals surface area contributed by atoms with E-state index >= 15 is 0 Å². The van der Waals surface area contributed by atoms with Crippen LogP contribution in [-0.2, 0) is 0 Å². The molecule has 2 rings (SSSR count). The standard InChI is InChI=1S/C10H10BrF2N3/c11-6-2-7(12)10(8(13)3-6)5-1-9(16-14)15-4-5/h2-3,5H,1,4,14H2,(H,15,16). The fraction of sp³-hybridized carbons (Fsp3) is 0.300. The number of rotatable bonds is 1. The number of nitrogens with one attached hydrogen (secondary N) is 1. The lowest BCUT2D eigenvalue weighted by Crippen LogP contribution is -2.29. The normalized spacial score (nSPS) is 19.8. The lowest BCUT2D eigenvalue weighted by atomic mass is 9.96. The van der Waals surface area contributed by atoms with Crippen molar-refractivity contribution in [2.75, 3.05) is 6.54 Å². The van der Waals surface area contributed by atoms with Crippen molar-refractivity contribution in [2.24, 2.45) is 10.8 Å². The minimum Gasteiger partial charge on any atom is -0.312 e. The van der Waals surface area contributed by atoms with Crippen molar-refractivity contribution in [3.63, 3.8) is 0 Å². The zero-order valence-electron chi connectivity index (χ0n) is 8.30. The average molecular weight is 290 g/mol. The molecule has 16 heavy (non-hydrogen) atoms. The van der Waals surface area contributed by atoms with Gasteiger partial charge in [-0.1, -0.05) is 15.9 Å². The van der Waals surface area contributed by atoms with E-state index in [0.717, 1.165) is 0 Å². The number of aliphatic imine (C=N–C) groups is 1. The minimum absolute atomic E-state index is 0.0807. The Hall–Kier alpha value is -1.01.